The van der Waals surface area contributed by atoms with Crippen molar-refractivity contribution in [2.24, 2.45) is 4.99 Å². The maximum absolute atomic E-state index is 5.58. The molecule has 21 heavy (non-hydrogen) atoms. The van der Waals surface area contributed by atoms with Gasteiger partial charge in [-0.25, -0.2) is 9.97 Å². The number of aromatic nitrogens is 2. The van der Waals surface area contributed by atoms with Crippen LogP contribution in [0.1, 0.15) is 24.0 Å². The van der Waals surface area contributed by atoms with Gasteiger partial charge in [-0.3, -0.25) is 4.99 Å². The van der Waals surface area contributed by atoms with E-state index in [4.69, 9.17) is 4.74 Å². The number of aryl methyl sites for hydroxylation is 2. The Morgan fingerprint density at radius 1 is 1.33 bits per heavy atom. The number of benzene rings is 1. The molecule has 1 aromatic carbocycles. The van der Waals surface area contributed by atoms with Crippen molar-refractivity contribution in [3.8, 4) is 5.75 Å². The van der Waals surface area contributed by atoms with Crippen LogP contribution in [0.25, 0.3) is 16.5 Å². The zero-order valence-electron chi connectivity index (χ0n) is 12.7. The zero-order valence-corrected chi connectivity index (χ0v) is 12.7. The average Bonchev–Trinajstić information content (AvgIpc) is 2.46. The Morgan fingerprint density at radius 2 is 2.10 bits per heavy atom. The van der Waals surface area contributed by atoms with Crippen LogP contribution in [0.3, 0.4) is 0 Å². The van der Waals surface area contributed by atoms with Gasteiger partial charge in [0, 0.05) is 22.9 Å². The second-order valence-corrected chi connectivity index (χ2v) is 4.67. The summed E-state index contributed by atoms with van der Waals surface area (Å²) >= 11 is 0. The van der Waals surface area contributed by atoms with Crippen molar-refractivity contribution in [3.63, 3.8) is 0 Å². The van der Waals surface area contributed by atoms with Gasteiger partial charge in [-0.1, -0.05) is 12.7 Å². The van der Waals surface area contributed by atoms with E-state index < -0.39 is 0 Å². The van der Waals surface area contributed by atoms with Crippen molar-refractivity contribution < 1.29 is 4.74 Å². The number of aliphatic imine (C=N–C) groups is 1. The summed E-state index contributed by atoms with van der Waals surface area (Å²) in [4.78, 5) is 12.9. The van der Waals surface area contributed by atoms with Gasteiger partial charge in [0.25, 0.3) is 0 Å². The minimum atomic E-state index is 0.606. The van der Waals surface area contributed by atoms with Crippen LogP contribution < -0.4 is 4.74 Å². The highest BCUT2D eigenvalue weighted by molar-refractivity contribution is 5.87. The molecule has 108 valence electrons. The van der Waals surface area contributed by atoms with Crippen molar-refractivity contribution in [3.05, 3.63) is 48.1 Å². The molecule has 0 saturated heterocycles. The van der Waals surface area contributed by atoms with Gasteiger partial charge in [0.2, 0.25) is 0 Å². The van der Waals surface area contributed by atoms with E-state index in [1.54, 1.807) is 12.3 Å². The van der Waals surface area contributed by atoms with Crippen LogP contribution in [0.15, 0.2) is 36.0 Å². The van der Waals surface area contributed by atoms with Gasteiger partial charge in [-0.2, -0.15) is 0 Å². The Kier molecular flexibility index (Phi) is 4.48. The summed E-state index contributed by atoms with van der Waals surface area (Å²) in [5, 5.41) is 0.997. The van der Waals surface area contributed by atoms with E-state index in [9.17, 15) is 0 Å². The fourth-order valence-electron chi connectivity index (χ4n) is 2.20. The predicted molar refractivity (Wildman–Crippen MR) is 87.9 cm³/mol. The van der Waals surface area contributed by atoms with Gasteiger partial charge in [0.1, 0.15) is 5.75 Å². The highest BCUT2D eigenvalue weighted by Gasteiger charge is 2.10. The van der Waals surface area contributed by atoms with Crippen LogP contribution in [0.4, 0.5) is 0 Å². The Morgan fingerprint density at radius 3 is 2.71 bits per heavy atom. The fraction of sp³-hybridized carbons (Fsp3) is 0.235. The lowest BCUT2D eigenvalue weighted by Gasteiger charge is -2.11. The quantitative estimate of drug-likeness (QED) is 0.617. The molecule has 4 nitrogen and oxygen atoms in total. The third-order valence-corrected chi connectivity index (χ3v) is 3.17. The molecule has 0 amide bonds. The molecule has 0 saturated carbocycles. The average molecular weight is 281 g/mol. The molecule has 1 heterocycles. The van der Waals surface area contributed by atoms with Crippen molar-refractivity contribution in [1.82, 2.24) is 9.97 Å². The van der Waals surface area contributed by atoms with Crippen LogP contribution >= 0.6 is 0 Å². The zero-order chi connectivity index (χ0) is 15.4. The highest BCUT2D eigenvalue weighted by atomic mass is 16.5. The number of hydrogen-bond donors (Lipinski definition) is 0. The molecule has 2 rings (SSSR count). The van der Waals surface area contributed by atoms with Crippen LogP contribution in [0.5, 0.6) is 5.75 Å². The molecule has 0 spiro atoms. The number of ether oxygens (including phenoxy) is 1. The maximum atomic E-state index is 5.58. The minimum absolute atomic E-state index is 0.606. The maximum Gasteiger partial charge on any atom is 0.161 e. The van der Waals surface area contributed by atoms with E-state index in [-0.39, 0.29) is 0 Å². The monoisotopic (exact) mass is 281 g/mol. The molecule has 4 heteroatoms. The van der Waals surface area contributed by atoms with E-state index >= 15 is 0 Å². The first kappa shape index (κ1) is 14.9. The third kappa shape index (κ3) is 2.99. The van der Waals surface area contributed by atoms with Crippen molar-refractivity contribution in [2.75, 3.05) is 6.61 Å². The van der Waals surface area contributed by atoms with Gasteiger partial charge in [0.15, 0.2) is 5.82 Å². The summed E-state index contributed by atoms with van der Waals surface area (Å²) in [6.07, 6.45) is 3.29. The number of allylic oxidation sites excluding steroid dienone is 2. The molecule has 0 N–H and O–H groups in total. The molecule has 0 radical (unpaired) electrons. The van der Waals surface area contributed by atoms with Crippen LogP contribution in [-0.4, -0.2) is 23.3 Å². The molecule has 2 aromatic rings. The largest absolute Gasteiger partial charge is 0.494 e. The third-order valence-electron chi connectivity index (χ3n) is 3.17. The molecule has 0 aliphatic rings. The molecular weight excluding hydrogens is 262 g/mol. The standard InChI is InChI=1S/C17H19N3O/c1-6-13(10-18-5)17-19-12(4)15-9-14(21-7-2)8-11(3)16(15)20-17/h6,8-10H,1,5,7H2,2-4H3/b13-10+. The van der Waals surface area contributed by atoms with Crippen molar-refractivity contribution in [1.29, 1.82) is 0 Å². The number of hydrogen-bond acceptors (Lipinski definition) is 4. The molecule has 0 fully saturated rings. The molecule has 0 atom stereocenters. The van der Waals surface area contributed by atoms with Crippen molar-refractivity contribution in [2.45, 2.75) is 20.8 Å². The summed E-state index contributed by atoms with van der Waals surface area (Å²) in [6, 6.07) is 3.97. The minimum Gasteiger partial charge on any atom is -0.494 e. The fourth-order valence-corrected chi connectivity index (χ4v) is 2.20. The molecule has 0 aliphatic carbocycles. The summed E-state index contributed by atoms with van der Waals surface area (Å²) < 4.78 is 5.58. The van der Waals surface area contributed by atoms with Crippen LogP contribution in [0, 0.1) is 13.8 Å². The van der Waals surface area contributed by atoms with Crippen LogP contribution in [-0.2, 0) is 0 Å². The smallest absolute Gasteiger partial charge is 0.161 e. The van der Waals surface area contributed by atoms with E-state index in [1.165, 1.54) is 0 Å². The molecule has 0 unspecified atom stereocenters. The van der Waals surface area contributed by atoms with Gasteiger partial charge in [-0.05, 0) is 45.2 Å². The predicted octanol–water partition coefficient (Wildman–Crippen LogP) is 3.87. The second-order valence-electron chi connectivity index (χ2n) is 4.67. The number of rotatable bonds is 5. The normalized spacial score (nSPS) is 11.5. The van der Waals surface area contributed by atoms with Gasteiger partial charge < -0.3 is 4.74 Å². The Bertz CT molecular complexity index is 732. The first-order valence-corrected chi connectivity index (χ1v) is 6.81. The van der Waals surface area contributed by atoms with Gasteiger partial charge in [-0.15, -0.1) is 0 Å². The molecule has 0 bridgehead atoms. The number of nitrogens with zero attached hydrogens (tertiary/aromatic N) is 3. The Hall–Kier alpha value is -2.49. The van der Waals surface area contributed by atoms with E-state index in [0.717, 1.165) is 33.5 Å². The summed E-state index contributed by atoms with van der Waals surface area (Å²) in [5.74, 6) is 1.45. The Labute approximate surface area is 124 Å². The Balaban J connectivity index is 2.69. The highest BCUT2D eigenvalue weighted by Crippen LogP contribution is 2.27. The van der Waals surface area contributed by atoms with E-state index in [1.807, 2.05) is 32.9 Å². The summed E-state index contributed by atoms with van der Waals surface area (Å²) in [6.45, 7) is 13.8. The van der Waals surface area contributed by atoms with E-state index in [2.05, 4.69) is 28.3 Å². The lowest BCUT2D eigenvalue weighted by Crippen LogP contribution is -2.00. The molecule has 0 aliphatic heterocycles. The number of fused-ring (bicyclic) bond motifs is 1. The summed E-state index contributed by atoms with van der Waals surface area (Å²) in [7, 11) is 0. The van der Waals surface area contributed by atoms with E-state index in [0.29, 0.717) is 12.4 Å². The lowest BCUT2D eigenvalue weighted by molar-refractivity contribution is 0.340. The topological polar surface area (TPSA) is 47.4 Å². The van der Waals surface area contributed by atoms with Crippen LogP contribution in [0.2, 0.25) is 0 Å². The second kappa shape index (κ2) is 6.31. The molecule has 1 aromatic heterocycles. The van der Waals surface area contributed by atoms with Gasteiger partial charge in [0.05, 0.1) is 12.1 Å². The van der Waals surface area contributed by atoms with Crippen molar-refractivity contribution >= 4 is 23.2 Å². The lowest BCUT2D eigenvalue weighted by atomic mass is 10.1. The summed E-state index contributed by atoms with van der Waals surface area (Å²) in [5.41, 5.74) is 3.62. The first-order valence-electron chi connectivity index (χ1n) is 6.81. The first-order chi connectivity index (χ1) is 10.1. The molecular formula is C17H19N3O. The SMILES string of the molecule is C=C/C(=C\N=C)c1nc(C)c2cc(OCC)cc(C)c2n1. The van der Waals surface area contributed by atoms with Gasteiger partial charge >= 0.3 is 0 Å².